The summed E-state index contributed by atoms with van der Waals surface area (Å²) < 4.78 is 4.79. The van der Waals surface area contributed by atoms with Gasteiger partial charge in [-0.3, -0.25) is 4.79 Å². The molecule has 0 fully saturated rings. The Labute approximate surface area is 91.3 Å². The number of carbonyl (C=O) groups excluding carboxylic acids is 2. The van der Waals surface area contributed by atoms with Crippen LogP contribution in [0.5, 0.6) is 0 Å². The van der Waals surface area contributed by atoms with Crippen molar-refractivity contribution in [2.75, 3.05) is 6.61 Å². The Kier molecular flexibility index (Phi) is 3.93. The normalized spacial score (nSPS) is 10.1. The van der Waals surface area contributed by atoms with Gasteiger partial charge in [-0.05, 0) is 6.92 Å². The lowest BCUT2D eigenvalue weighted by atomic mass is 10.3. The van der Waals surface area contributed by atoms with Crippen molar-refractivity contribution in [1.82, 2.24) is 4.98 Å². The number of ether oxygens (including phenoxy) is 1. The fourth-order valence-corrected chi connectivity index (χ4v) is 1.85. The van der Waals surface area contributed by atoms with Crippen LogP contribution in [-0.2, 0) is 11.3 Å². The number of aromatic nitrogens is 1. The van der Waals surface area contributed by atoms with Gasteiger partial charge in [0.1, 0.15) is 9.88 Å². The number of ketones is 1. The van der Waals surface area contributed by atoms with Crippen molar-refractivity contribution in [3.05, 3.63) is 15.6 Å². The third-order valence-electron chi connectivity index (χ3n) is 1.63. The van der Waals surface area contributed by atoms with Gasteiger partial charge in [0.05, 0.1) is 6.61 Å². The number of carbonyl (C=O) groups is 2. The fraction of sp³-hybridized carbons (Fsp3) is 0.444. The minimum atomic E-state index is -0.571. The quantitative estimate of drug-likeness (QED) is 0.613. The summed E-state index contributed by atoms with van der Waals surface area (Å²) in [7, 11) is 0. The Hall–Kier alpha value is -1.27. The first-order valence-corrected chi connectivity index (χ1v) is 5.29. The molecule has 0 radical (unpaired) electrons. The smallest absolute Gasteiger partial charge is 0.358 e. The molecule has 1 rings (SSSR count). The summed E-state index contributed by atoms with van der Waals surface area (Å²) in [5.41, 5.74) is 5.47. The Morgan fingerprint density at radius 3 is 2.67 bits per heavy atom. The maximum absolute atomic E-state index is 11.4. The van der Waals surface area contributed by atoms with Crippen molar-refractivity contribution >= 4 is 23.1 Å². The number of esters is 1. The molecule has 15 heavy (non-hydrogen) atoms. The van der Waals surface area contributed by atoms with Crippen molar-refractivity contribution < 1.29 is 14.3 Å². The lowest BCUT2D eigenvalue weighted by Gasteiger charge is -1.98. The zero-order valence-corrected chi connectivity index (χ0v) is 9.39. The number of nitrogens with two attached hydrogens (primary N) is 1. The van der Waals surface area contributed by atoms with Gasteiger partial charge in [0.15, 0.2) is 11.5 Å². The molecule has 0 bridgehead atoms. The van der Waals surface area contributed by atoms with Crippen LogP contribution < -0.4 is 5.73 Å². The van der Waals surface area contributed by atoms with Gasteiger partial charge < -0.3 is 10.5 Å². The lowest BCUT2D eigenvalue weighted by molar-refractivity contribution is 0.0517. The summed E-state index contributed by atoms with van der Waals surface area (Å²) in [5.74, 6) is -0.770. The number of nitrogens with zero attached hydrogens (tertiary/aromatic N) is 1. The molecule has 1 aromatic heterocycles. The number of rotatable bonds is 4. The SMILES string of the molecule is CCOC(=O)c1nc(CN)sc1C(C)=O. The van der Waals surface area contributed by atoms with Crippen LogP contribution in [0.2, 0.25) is 0 Å². The monoisotopic (exact) mass is 228 g/mol. The van der Waals surface area contributed by atoms with E-state index < -0.39 is 5.97 Å². The minimum Gasteiger partial charge on any atom is -0.461 e. The highest BCUT2D eigenvalue weighted by atomic mass is 32.1. The van der Waals surface area contributed by atoms with Gasteiger partial charge in [-0.1, -0.05) is 0 Å². The first-order chi connectivity index (χ1) is 7.10. The number of hydrogen-bond donors (Lipinski definition) is 1. The zero-order valence-electron chi connectivity index (χ0n) is 8.57. The molecular weight excluding hydrogens is 216 g/mol. The molecule has 0 atom stereocenters. The Bertz CT molecular complexity index is 387. The first-order valence-electron chi connectivity index (χ1n) is 4.48. The van der Waals surface area contributed by atoms with E-state index >= 15 is 0 Å². The van der Waals surface area contributed by atoms with Gasteiger partial charge in [0.25, 0.3) is 0 Å². The maximum Gasteiger partial charge on any atom is 0.358 e. The topological polar surface area (TPSA) is 82.3 Å². The van der Waals surface area contributed by atoms with Crippen molar-refractivity contribution in [1.29, 1.82) is 0 Å². The van der Waals surface area contributed by atoms with Gasteiger partial charge >= 0.3 is 5.97 Å². The highest BCUT2D eigenvalue weighted by Crippen LogP contribution is 2.19. The van der Waals surface area contributed by atoms with Crippen LogP contribution in [0.1, 0.15) is 39.0 Å². The molecule has 2 N–H and O–H groups in total. The van der Waals surface area contributed by atoms with E-state index in [1.807, 2.05) is 0 Å². The van der Waals surface area contributed by atoms with Crippen LogP contribution in [0.15, 0.2) is 0 Å². The standard InChI is InChI=1S/C9H12N2O3S/c1-3-14-9(13)7-8(5(2)12)15-6(4-10)11-7/h3-4,10H2,1-2H3. The molecular formula is C9H12N2O3S. The van der Waals surface area contributed by atoms with Crippen LogP contribution in [0.25, 0.3) is 0 Å². The Balaban J connectivity index is 3.09. The second-order valence-corrected chi connectivity index (χ2v) is 3.85. The van der Waals surface area contributed by atoms with Gasteiger partial charge in [0.2, 0.25) is 0 Å². The van der Waals surface area contributed by atoms with E-state index in [0.29, 0.717) is 9.88 Å². The summed E-state index contributed by atoms with van der Waals surface area (Å²) in [6.45, 7) is 3.55. The molecule has 1 heterocycles. The van der Waals surface area contributed by atoms with E-state index in [-0.39, 0.29) is 24.6 Å². The van der Waals surface area contributed by atoms with E-state index in [4.69, 9.17) is 10.5 Å². The largest absolute Gasteiger partial charge is 0.461 e. The Morgan fingerprint density at radius 2 is 2.20 bits per heavy atom. The summed E-state index contributed by atoms with van der Waals surface area (Å²) in [6, 6.07) is 0. The highest BCUT2D eigenvalue weighted by molar-refractivity contribution is 7.14. The molecule has 82 valence electrons. The van der Waals surface area contributed by atoms with E-state index in [2.05, 4.69) is 4.98 Å². The average molecular weight is 228 g/mol. The van der Waals surface area contributed by atoms with Gasteiger partial charge in [0, 0.05) is 13.5 Å². The first kappa shape index (κ1) is 11.8. The van der Waals surface area contributed by atoms with Crippen LogP contribution in [0.4, 0.5) is 0 Å². The lowest BCUT2D eigenvalue weighted by Crippen LogP contribution is -2.09. The molecule has 0 amide bonds. The third-order valence-corrected chi connectivity index (χ3v) is 2.81. The van der Waals surface area contributed by atoms with E-state index in [1.54, 1.807) is 6.92 Å². The number of Topliss-reactive ketones (excluding diaryl/α,β-unsaturated/α-hetero) is 1. The maximum atomic E-state index is 11.4. The summed E-state index contributed by atoms with van der Waals surface area (Å²) in [5, 5.41) is 0.559. The highest BCUT2D eigenvalue weighted by Gasteiger charge is 2.21. The van der Waals surface area contributed by atoms with Crippen LogP contribution in [0.3, 0.4) is 0 Å². The molecule has 0 aromatic carbocycles. The average Bonchev–Trinajstić information content (AvgIpc) is 2.61. The molecule has 0 saturated carbocycles. The van der Waals surface area contributed by atoms with Crippen LogP contribution in [-0.4, -0.2) is 23.3 Å². The molecule has 6 heteroatoms. The van der Waals surface area contributed by atoms with Crippen LogP contribution in [0, 0.1) is 0 Å². The van der Waals surface area contributed by atoms with Gasteiger partial charge in [-0.15, -0.1) is 11.3 Å². The second kappa shape index (κ2) is 4.99. The van der Waals surface area contributed by atoms with E-state index in [9.17, 15) is 9.59 Å². The molecule has 0 spiro atoms. The fourth-order valence-electron chi connectivity index (χ4n) is 1.03. The van der Waals surface area contributed by atoms with Crippen molar-refractivity contribution in [2.45, 2.75) is 20.4 Å². The number of thiazole rings is 1. The Morgan fingerprint density at radius 1 is 1.53 bits per heavy atom. The summed E-state index contributed by atoms with van der Waals surface area (Å²) >= 11 is 1.14. The summed E-state index contributed by atoms with van der Waals surface area (Å²) in [6.07, 6.45) is 0. The van der Waals surface area contributed by atoms with Crippen molar-refractivity contribution in [3.63, 3.8) is 0 Å². The molecule has 0 unspecified atom stereocenters. The van der Waals surface area contributed by atoms with Crippen molar-refractivity contribution in [3.8, 4) is 0 Å². The van der Waals surface area contributed by atoms with Crippen molar-refractivity contribution in [2.24, 2.45) is 5.73 Å². The van der Waals surface area contributed by atoms with Gasteiger partial charge in [-0.25, -0.2) is 9.78 Å². The molecule has 0 aliphatic carbocycles. The minimum absolute atomic E-state index is 0.0785. The third kappa shape index (κ3) is 2.60. The molecule has 0 aliphatic rings. The van der Waals surface area contributed by atoms with Gasteiger partial charge in [-0.2, -0.15) is 0 Å². The molecule has 0 aliphatic heterocycles. The number of hydrogen-bond acceptors (Lipinski definition) is 6. The van der Waals surface area contributed by atoms with Crippen LogP contribution >= 0.6 is 11.3 Å². The predicted molar refractivity (Wildman–Crippen MR) is 56.0 cm³/mol. The molecule has 1 aromatic rings. The van der Waals surface area contributed by atoms with E-state index in [1.165, 1.54) is 6.92 Å². The predicted octanol–water partition coefficient (Wildman–Crippen LogP) is 0.981. The zero-order chi connectivity index (χ0) is 11.4. The molecule has 5 nitrogen and oxygen atoms in total. The summed E-state index contributed by atoms with van der Waals surface area (Å²) in [4.78, 5) is 26.9. The molecule has 0 saturated heterocycles. The van der Waals surface area contributed by atoms with E-state index in [0.717, 1.165) is 11.3 Å². The second-order valence-electron chi connectivity index (χ2n) is 2.77.